The van der Waals surface area contributed by atoms with Gasteiger partial charge < -0.3 is 24.3 Å². The number of benzene rings is 2. The molecule has 0 radical (unpaired) electrons. The van der Waals surface area contributed by atoms with Gasteiger partial charge in [0.25, 0.3) is 0 Å². The largest absolute Gasteiger partial charge is 0.497 e. The molecule has 0 saturated carbocycles. The first kappa shape index (κ1) is 26.1. The molecular weight excluding hydrogens is 534 g/mol. The Morgan fingerprint density at radius 2 is 1.80 bits per heavy atom. The molecule has 1 aliphatic rings. The maximum absolute atomic E-state index is 6.69. The second kappa shape index (κ2) is 11.5. The Morgan fingerprint density at radius 1 is 0.975 bits per heavy atom. The molecule has 0 atom stereocenters. The number of nitrogens with zero attached hydrogens (tertiary/aromatic N) is 6. The molecule has 0 aliphatic carbocycles. The standard InChI is InChI=1S/C28H28ClN7O4/c1-37-21-14-22(25(29)24(15-21)38-2)23-13-18-16-30-28(33-26(18)36-17-31-34-27(23)36)32-19-3-5-20(6-4-19)40-12-9-35-7-10-39-11-8-35/h3-6,13-17H,7-12H2,1-2H3,(H,30,32,33). The summed E-state index contributed by atoms with van der Waals surface area (Å²) in [4.78, 5) is 11.6. The van der Waals surface area contributed by atoms with Crippen molar-refractivity contribution in [2.24, 2.45) is 0 Å². The number of halogens is 1. The van der Waals surface area contributed by atoms with E-state index in [9.17, 15) is 0 Å². The van der Waals surface area contributed by atoms with Gasteiger partial charge in [0.05, 0.1) is 32.5 Å². The molecule has 206 valence electrons. The molecule has 40 heavy (non-hydrogen) atoms. The Kier molecular flexibility index (Phi) is 7.49. The minimum Gasteiger partial charge on any atom is -0.497 e. The van der Waals surface area contributed by atoms with Crippen LogP contribution in [-0.2, 0) is 4.74 Å². The van der Waals surface area contributed by atoms with Gasteiger partial charge in [0.15, 0.2) is 11.3 Å². The summed E-state index contributed by atoms with van der Waals surface area (Å²) in [6.45, 7) is 4.98. The van der Waals surface area contributed by atoms with E-state index in [1.165, 1.54) is 0 Å². The van der Waals surface area contributed by atoms with Crippen LogP contribution >= 0.6 is 11.6 Å². The van der Waals surface area contributed by atoms with E-state index in [0.717, 1.165) is 55.2 Å². The minimum atomic E-state index is 0.442. The van der Waals surface area contributed by atoms with Crippen LogP contribution in [0.2, 0.25) is 5.02 Å². The summed E-state index contributed by atoms with van der Waals surface area (Å²) in [5.74, 6) is 2.36. The van der Waals surface area contributed by atoms with Gasteiger partial charge in [0.2, 0.25) is 5.95 Å². The Balaban J connectivity index is 1.23. The number of methoxy groups -OCH3 is 2. The van der Waals surface area contributed by atoms with Crippen LogP contribution in [0.4, 0.5) is 11.6 Å². The second-order valence-corrected chi connectivity index (χ2v) is 9.58. The fourth-order valence-electron chi connectivity index (χ4n) is 4.64. The highest BCUT2D eigenvalue weighted by Crippen LogP contribution is 2.41. The van der Waals surface area contributed by atoms with E-state index < -0.39 is 0 Å². The van der Waals surface area contributed by atoms with Gasteiger partial charge in [-0.15, -0.1) is 10.2 Å². The zero-order valence-corrected chi connectivity index (χ0v) is 22.9. The highest BCUT2D eigenvalue weighted by Gasteiger charge is 2.18. The van der Waals surface area contributed by atoms with Crippen LogP contribution < -0.4 is 19.5 Å². The van der Waals surface area contributed by atoms with Gasteiger partial charge in [-0.2, -0.15) is 4.98 Å². The molecule has 12 heteroatoms. The van der Waals surface area contributed by atoms with Gasteiger partial charge in [0, 0.05) is 54.1 Å². The lowest BCUT2D eigenvalue weighted by Crippen LogP contribution is -2.38. The van der Waals surface area contributed by atoms with Gasteiger partial charge in [-0.05, 0) is 36.4 Å². The SMILES string of the molecule is COc1cc(OC)c(Cl)c(-c2cc3cnc(Nc4ccc(OCCN5CCOCC5)cc4)nc3n3cnnc23)c1. The number of hydrogen-bond acceptors (Lipinski definition) is 10. The highest BCUT2D eigenvalue weighted by molar-refractivity contribution is 6.35. The van der Waals surface area contributed by atoms with Gasteiger partial charge in [0.1, 0.15) is 30.2 Å². The highest BCUT2D eigenvalue weighted by atomic mass is 35.5. The molecular formula is C28H28ClN7O4. The van der Waals surface area contributed by atoms with E-state index in [1.54, 1.807) is 32.8 Å². The molecule has 11 nitrogen and oxygen atoms in total. The summed E-state index contributed by atoms with van der Waals surface area (Å²) < 4.78 is 24.0. The number of aromatic nitrogens is 5. The van der Waals surface area contributed by atoms with Crippen LogP contribution in [0.25, 0.3) is 27.8 Å². The van der Waals surface area contributed by atoms with Crippen molar-refractivity contribution in [2.45, 2.75) is 0 Å². The number of rotatable bonds is 9. The summed E-state index contributed by atoms with van der Waals surface area (Å²) in [5.41, 5.74) is 3.53. The molecule has 1 aliphatic heterocycles. The molecule has 3 aromatic heterocycles. The van der Waals surface area contributed by atoms with Crippen LogP contribution in [0, 0.1) is 0 Å². The molecule has 2 aromatic carbocycles. The number of anilines is 2. The van der Waals surface area contributed by atoms with E-state index in [1.807, 2.05) is 40.8 Å². The zero-order chi connectivity index (χ0) is 27.5. The fraction of sp³-hybridized carbons (Fsp3) is 0.286. The van der Waals surface area contributed by atoms with Gasteiger partial charge in [-0.25, -0.2) is 4.98 Å². The normalized spacial score (nSPS) is 14.0. The summed E-state index contributed by atoms with van der Waals surface area (Å²) in [6.07, 6.45) is 3.37. The topological polar surface area (TPSA) is 108 Å². The Bertz CT molecular complexity index is 1640. The van der Waals surface area contributed by atoms with E-state index in [0.29, 0.717) is 45.9 Å². The first-order valence-corrected chi connectivity index (χ1v) is 13.2. The van der Waals surface area contributed by atoms with Crippen LogP contribution in [0.15, 0.2) is 55.0 Å². The first-order valence-electron chi connectivity index (χ1n) is 12.8. The summed E-state index contributed by atoms with van der Waals surface area (Å²) in [7, 11) is 3.16. The lowest BCUT2D eigenvalue weighted by atomic mass is 10.0. The quantitative estimate of drug-likeness (QED) is 0.277. The molecule has 1 fully saturated rings. The molecule has 1 saturated heterocycles. The van der Waals surface area contributed by atoms with Crippen LogP contribution in [0.1, 0.15) is 0 Å². The zero-order valence-electron chi connectivity index (χ0n) is 22.1. The van der Waals surface area contributed by atoms with E-state index in [-0.39, 0.29) is 0 Å². The molecule has 0 spiro atoms. The van der Waals surface area contributed by atoms with Gasteiger partial charge in [-0.3, -0.25) is 9.30 Å². The maximum Gasteiger partial charge on any atom is 0.229 e. The van der Waals surface area contributed by atoms with Crippen molar-refractivity contribution in [2.75, 3.05) is 59.0 Å². The summed E-state index contributed by atoms with van der Waals surface area (Å²) in [6, 6.07) is 13.2. The molecule has 0 bridgehead atoms. The van der Waals surface area contributed by atoms with E-state index in [4.69, 9.17) is 35.5 Å². The minimum absolute atomic E-state index is 0.442. The number of fused-ring (bicyclic) bond motifs is 3. The molecule has 5 aromatic rings. The molecule has 1 N–H and O–H groups in total. The lowest BCUT2D eigenvalue weighted by molar-refractivity contribution is 0.0322. The van der Waals surface area contributed by atoms with Crippen molar-refractivity contribution < 1.29 is 18.9 Å². The molecule has 6 rings (SSSR count). The molecule has 4 heterocycles. The van der Waals surface area contributed by atoms with Gasteiger partial charge >= 0.3 is 0 Å². The van der Waals surface area contributed by atoms with E-state index >= 15 is 0 Å². The Hall–Kier alpha value is -4.19. The van der Waals surface area contributed by atoms with Crippen LogP contribution in [0.3, 0.4) is 0 Å². The predicted octanol–water partition coefficient (Wildman–Crippen LogP) is 4.46. The fourth-order valence-corrected chi connectivity index (χ4v) is 4.93. The van der Waals surface area contributed by atoms with Gasteiger partial charge in [-0.1, -0.05) is 11.6 Å². The third-order valence-electron chi connectivity index (χ3n) is 6.76. The van der Waals surface area contributed by atoms with Crippen molar-refractivity contribution >= 4 is 39.9 Å². The Labute approximate surface area is 235 Å². The van der Waals surface area contributed by atoms with Crippen LogP contribution in [-0.4, -0.2) is 83.1 Å². The smallest absolute Gasteiger partial charge is 0.229 e. The van der Waals surface area contributed by atoms with E-state index in [2.05, 4.69) is 25.4 Å². The third kappa shape index (κ3) is 5.31. The average molecular weight is 562 g/mol. The van der Waals surface area contributed by atoms with Crippen molar-refractivity contribution in [3.8, 4) is 28.4 Å². The predicted molar refractivity (Wildman–Crippen MR) is 152 cm³/mol. The third-order valence-corrected chi connectivity index (χ3v) is 7.15. The van der Waals surface area contributed by atoms with Crippen molar-refractivity contribution in [1.29, 1.82) is 0 Å². The lowest BCUT2D eigenvalue weighted by Gasteiger charge is -2.26. The van der Waals surface area contributed by atoms with Crippen molar-refractivity contribution in [1.82, 2.24) is 29.5 Å². The second-order valence-electron chi connectivity index (χ2n) is 9.20. The monoisotopic (exact) mass is 561 g/mol. The summed E-state index contributed by atoms with van der Waals surface area (Å²) >= 11 is 6.69. The Morgan fingerprint density at radius 3 is 2.58 bits per heavy atom. The van der Waals surface area contributed by atoms with Crippen LogP contribution in [0.5, 0.6) is 17.2 Å². The number of hydrogen-bond donors (Lipinski definition) is 1. The number of ether oxygens (including phenoxy) is 4. The summed E-state index contributed by atoms with van der Waals surface area (Å²) in [5, 5.41) is 13.0. The molecule has 0 amide bonds. The maximum atomic E-state index is 6.69. The van der Waals surface area contributed by atoms with Crippen molar-refractivity contribution in [3.63, 3.8) is 0 Å². The number of pyridine rings is 1. The molecule has 0 unspecified atom stereocenters. The first-order chi connectivity index (χ1) is 19.6. The average Bonchev–Trinajstić information content (AvgIpc) is 3.49. The van der Waals surface area contributed by atoms with Crippen molar-refractivity contribution in [3.05, 3.63) is 60.0 Å². The number of morpholine rings is 1. The number of nitrogens with one attached hydrogen (secondary N) is 1.